The molecular formula is C19H23N7. The highest BCUT2D eigenvalue weighted by Crippen LogP contribution is 2.39. The lowest BCUT2D eigenvalue weighted by Gasteiger charge is -2.57. The number of hydrogen-bond acceptors (Lipinski definition) is 6. The summed E-state index contributed by atoms with van der Waals surface area (Å²) in [7, 11) is 0. The van der Waals surface area contributed by atoms with Crippen molar-refractivity contribution >= 4 is 17.3 Å². The van der Waals surface area contributed by atoms with Crippen LogP contribution in [0.15, 0.2) is 18.5 Å². The molecule has 2 atom stereocenters. The van der Waals surface area contributed by atoms with Gasteiger partial charge < -0.3 is 9.80 Å². The molecule has 2 bridgehead atoms. The first-order valence-corrected chi connectivity index (χ1v) is 9.17. The highest BCUT2D eigenvalue weighted by atomic mass is 15.4. The minimum Gasteiger partial charge on any atom is -0.352 e. The van der Waals surface area contributed by atoms with Crippen LogP contribution < -0.4 is 9.80 Å². The average molecular weight is 349 g/mol. The molecule has 0 radical (unpaired) electrons. The Labute approximate surface area is 152 Å². The van der Waals surface area contributed by atoms with Crippen molar-refractivity contribution in [1.29, 1.82) is 0 Å². The third kappa shape index (κ3) is 2.19. The Morgan fingerprint density at radius 2 is 1.73 bits per heavy atom. The van der Waals surface area contributed by atoms with Crippen molar-refractivity contribution in [3.05, 3.63) is 41.1 Å². The molecule has 0 aromatic carbocycles. The molecule has 7 nitrogen and oxygen atoms in total. The minimum absolute atomic E-state index is 0.484. The molecule has 0 N–H and O–H groups in total. The van der Waals surface area contributed by atoms with E-state index in [4.69, 9.17) is 0 Å². The maximum Gasteiger partial charge on any atom is 0.157 e. The Morgan fingerprint density at radius 3 is 2.50 bits per heavy atom. The van der Waals surface area contributed by atoms with E-state index in [2.05, 4.69) is 49.8 Å². The van der Waals surface area contributed by atoms with Crippen molar-refractivity contribution < 1.29 is 0 Å². The molecule has 2 unspecified atom stereocenters. The van der Waals surface area contributed by atoms with Crippen molar-refractivity contribution in [2.75, 3.05) is 22.9 Å². The van der Waals surface area contributed by atoms with Crippen LogP contribution in [-0.2, 0) is 0 Å². The summed E-state index contributed by atoms with van der Waals surface area (Å²) in [6.07, 6.45) is 2.90. The van der Waals surface area contributed by atoms with Gasteiger partial charge in [0.1, 0.15) is 18.0 Å². The number of piperazine rings is 1. The molecular weight excluding hydrogens is 326 g/mol. The van der Waals surface area contributed by atoms with Gasteiger partial charge in [-0.05, 0) is 34.1 Å². The molecule has 7 heteroatoms. The molecule has 0 amide bonds. The Kier molecular flexibility index (Phi) is 3.23. The van der Waals surface area contributed by atoms with Crippen LogP contribution in [0, 0.1) is 27.7 Å². The van der Waals surface area contributed by atoms with Crippen LogP contribution in [0.5, 0.6) is 0 Å². The Balaban J connectivity index is 1.48. The lowest BCUT2D eigenvalue weighted by molar-refractivity contribution is 0.286. The van der Waals surface area contributed by atoms with E-state index in [0.29, 0.717) is 12.1 Å². The van der Waals surface area contributed by atoms with Crippen molar-refractivity contribution in [3.8, 4) is 0 Å². The summed E-state index contributed by atoms with van der Waals surface area (Å²) >= 11 is 0. The first kappa shape index (κ1) is 15.5. The number of rotatable bonds is 2. The predicted octanol–water partition coefficient (Wildman–Crippen LogP) is 2.22. The second-order valence-electron chi connectivity index (χ2n) is 7.57. The van der Waals surface area contributed by atoms with E-state index in [1.165, 1.54) is 12.0 Å². The molecule has 0 spiro atoms. The van der Waals surface area contributed by atoms with E-state index < -0.39 is 0 Å². The topological polar surface area (TPSA) is 62.5 Å². The Morgan fingerprint density at radius 1 is 0.962 bits per heavy atom. The summed E-state index contributed by atoms with van der Waals surface area (Å²) in [5, 5.41) is 4.67. The van der Waals surface area contributed by atoms with Crippen molar-refractivity contribution in [1.82, 2.24) is 24.6 Å². The molecule has 3 saturated heterocycles. The van der Waals surface area contributed by atoms with Crippen molar-refractivity contribution in [3.63, 3.8) is 0 Å². The number of piperidine rings is 1. The SMILES string of the molecule is Cc1cc(N2C3CC2CN(c2ncnc(C)c2C)C3)n2nc(C)cc2n1. The van der Waals surface area contributed by atoms with Gasteiger partial charge in [-0.3, -0.25) is 0 Å². The van der Waals surface area contributed by atoms with Crippen molar-refractivity contribution in [2.45, 2.75) is 46.2 Å². The normalized spacial score (nSPS) is 22.0. The van der Waals surface area contributed by atoms with E-state index in [1.807, 2.05) is 24.4 Å². The highest BCUT2D eigenvalue weighted by molar-refractivity contribution is 5.58. The van der Waals surface area contributed by atoms with E-state index >= 15 is 0 Å². The van der Waals surface area contributed by atoms with Crippen molar-refractivity contribution in [2.24, 2.45) is 0 Å². The quantitative estimate of drug-likeness (QED) is 0.707. The smallest absolute Gasteiger partial charge is 0.157 e. The Hall–Kier alpha value is -2.70. The zero-order chi connectivity index (χ0) is 18.0. The third-order valence-corrected chi connectivity index (χ3v) is 5.73. The monoisotopic (exact) mass is 349 g/mol. The third-order valence-electron chi connectivity index (χ3n) is 5.73. The van der Waals surface area contributed by atoms with Gasteiger partial charge in [-0.1, -0.05) is 0 Å². The van der Waals surface area contributed by atoms with Crippen LogP contribution in [0.4, 0.5) is 11.6 Å². The summed E-state index contributed by atoms with van der Waals surface area (Å²) in [5.41, 5.74) is 5.22. The maximum atomic E-state index is 4.67. The van der Waals surface area contributed by atoms with Crippen LogP contribution in [0.2, 0.25) is 0 Å². The molecule has 0 aliphatic carbocycles. The van der Waals surface area contributed by atoms with Crippen LogP contribution in [0.1, 0.15) is 29.1 Å². The standard InChI is InChI=1S/C19H23N7/c1-11-6-18(26-17(22-11)5-12(2)23-26)25-15-7-16(25)9-24(8-15)19-13(3)14(4)20-10-21-19/h5-6,10,15-16H,7-9H2,1-4H3. The predicted molar refractivity (Wildman–Crippen MR) is 101 cm³/mol. The molecule has 134 valence electrons. The first-order valence-electron chi connectivity index (χ1n) is 9.17. The summed E-state index contributed by atoms with van der Waals surface area (Å²) < 4.78 is 2.00. The number of aromatic nitrogens is 5. The molecule has 3 aliphatic heterocycles. The number of fused-ring (bicyclic) bond motifs is 3. The van der Waals surface area contributed by atoms with Gasteiger partial charge in [0.25, 0.3) is 0 Å². The summed E-state index contributed by atoms with van der Waals surface area (Å²) in [6.45, 7) is 10.2. The molecule has 0 saturated carbocycles. The lowest BCUT2D eigenvalue weighted by atomic mass is 9.87. The molecule has 3 aliphatic rings. The van der Waals surface area contributed by atoms with Gasteiger partial charge in [-0.15, -0.1) is 0 Å². The fourth-order valence-corrected chi connectivity index (χ4v) is 4.38. The average Bonchev–Trinajstić information content (AvgIpc) is 2.97. The number of aryl methyl sites for hydroxylation is 3. The molecule has 3 aromatic rings. The van der Waals surface area contributed by atoms with Gasteiger partial charge in [-0.25, -0.2) is 15.0 Å². The van der Waals surface area contributed by atoms with Crippen LogP contribution in [-0.4, -0.2) is 49.7 Å². The summed E-state index contributed by atoms with van der Waals surface area (Å²) in [5.74, 6) is 2.25. The van der Waals surface area contributed by atoms with E-state index in [1.54, 1.807) is 6.33 Å². The van der Waals surface area contributed by atoms with Gasteiger partial charge >= 0.3 is 0 Å². The second-order valence-corrected chi connectivity index (χ2v) is 7.57. The summed E-state index contributed by atoms with van der Waals surface area (Å²) in [4.78, 5) is 18.4. The van der Waals surface area contributed by atoms with Gasteiger partial charge in [0.2, 0.25) is 0 Å². The van der Waals surface area contributed by atoms with E-state index in [-0.39, 0.29) is 0 Å². The molecule has 3 aromatic heterocycles. The second kappa shape index (κ2) is 5.40. The maximum absolute atomic E-state index is 4.67. The van der Waals surface area contributed by atoms with Gasteiger partial charge in [-0.2, -0.15) is 9.61 Å². The van der Waals surface area contributed by atoms with Crippen LogP contribution in [0.25, 0.3) is 5.65 Å². The largest absolute Gasteiger partial charge is 0.352 e. The van der Waals surface area contributed by atoms with Gasteiger partial charge in [0, 0.05) is 42.2 Å². The fourth-order valence-electron chi connectivity index (χ4n) is 4.38. The zero-order valence-corrected chi connectivity index (χ0v) is 15.6. The van der Waals surface area contributed by atoms with Crippen LogP contribution in [0.3, 0.4) is 0 Å². The Bertz CT molecular complexity index is 997. The number of anilines is 2. The molecule has 3 fully saturated rings. The lowest BCUT2D eigenvalue weighted by Crippen LogP contribution is -2.69. The molecule has 6 heterocycles. The van der Waals surface area contributed by atoms with E-state index in [0.717, 1.165) is 47.5 Å². The first-order chi connectivity index (χ1) is 12.5. The highest BCUT2D eigenvalue weighted by Gasteiger charge is 2.46. The van der Waals surface area contributed by atoms with Gasteiger partial charge in [0.05, 0.1) is 17.8 Å². The molecule has 6 rings (SSSR count). The summed E-state index contributed by atoms with van der Waals surface area (Å²) in [6, 6.07) is 5.18. The van der Waals surface area contributed by atoms with Crippen LogP contribution >= 0.6 is 0 Å². The van der Waals surface area contributed by atoms with E-state index in [9.17, 15) is 0 Å². The molecule has 26 heavy (non-hydrogen) atoms. The van der Waals surface area contributed by atoms with Gasteiger partial charge in [0.15, 0.2) is 5.65 Å². The number of hydrogen-bond donors (Lipinski definition) is 0. The minimum atomic E-state index is 0.484. The number of nitrogens with zero attached hydrogens (tertiary/aromatic N) is 7. The zero-order valence-electron chi connectivity index (χ0n) is 15.6. The fraction of sp³-hybridized carbons (Fsp3) is 0.474.